The molecule has 2 aliphatic heterocycles. The van der Waals surface area contributed by atoms with Crippen molar-refractivity contribution in [2.24, 2.45) is 17.8 Å². The number of nitrogens with one attached hydrogen (secondary N) is 2. The molecule has 0 aromatic rings. The van der Waals surface area contributed by atoms with Crippen LogP contribution in [0.2, 0.25) is 0 Å². The molecular weight excluding hydrogens is 334 g/mol. The molecule has 4 aliphatic carbocycles. The lowest BCUT2D eigenvalue weighted by Crippen LogP contribution is -2.61. The number of hydrogen-bond acceptors (Lipinski definition) is 5. The van der Waals surface area contributed by atoms with Gasteiger partial charge in [0.2, 0.25) is 5.82 Å². The van der Waals surface area contributed by atoms with Gasteiger partial charge in [0.1, 0.15) is 5.82 Å². The Morgan fingerprint density at radius 2 is 1.64 bits per heavy atom. The first-order valence-electron chi connectivity index (χ1n) is 9.15. The predicted molar refractivity (Wildman–Crippen MR) is 97.7 cm³/mol. The summed E-state index contributed by atoms with van der Waals surface area (Å²) in [6.07, 6.45) is 8.03. The minimum Gasteiger partial charge on any atom is -0.356 e. The Balaban J connectivity index is 1.37. The molecule has 0 aromatic carbocycles. The van der Waals surface area contributed by atoms with Gasteiger partial charge < -0.3 is 5.32 Å². The number of rotatable bonds is 2. The molecule has 7 nitrogen and oxygen atoms in total. The molecule has 0 aromatic heterocycles. The normalized spacial score (nSPS) is 33.0. The Morgan fingerprint density at radius 1 is 1.00 bits per heavy atom. The van der Waals surface area contributed by atoms with Crippen LogP contribution in [0.5, 0.6) is 0 Å². The second kappa shape index (κ2) is 5.33. The van der Waals surface area contributed by atoms with Crippen LogP contribution in [0, 0.1) is 31.6 Å². The lowest BCUT2D eigenvalue weighted by molar-refractivity contribution is -0.00981. The highest BCUT2D eigenvalue weighted by Crippen LogP contribution is 2.55. The average Bonchev–Trinajstić information content (AvgIpc) is 2.90. The Morgan fingerprint density at radius 3 is 2.28 bits per heavy atom. The quantitative estimate of drug-likeness (QED) is 0.797. The molecule has 25 heavy (non-hydrogen) atoms. The van der Waals surface area contributed by atoms with Crippen molar-refractivity contribution in [2.75, 3.05) is 5.43 Å². The van der Waals surface area contributed by atoms with Crippen molar-refractivity contribution < 1.29 is 0 Å². The van der Waals surface area contributed by atoms with E-state index in [1.165, 1.54) is 38.5 Å². The standard InChI is InChI=1S/C17H23N7S/c1-9-14-15(22-19-9)24(10(2)20-21-14)23-16(25)18-17-6-11-3-12(7-17)5-13(4-11)8-17/h11-13H,3-8H2,1-2H3,(H2,18,23,25). The molecule has 0 unspecified atom stereocenters. The molecule has 4 saturated carbocycles. The number of thiocarbonyl (C=S) groups is 1. The second-order valence-corrected chi connectivity index (χ2v) is 8.71. The van der Waals surface area contributed by atoms with Gasteiger partial charge in [0.15, 0.2) is 10.8 Å². The van der Waals surface area contributed by atoms with Crippen LogP contribution in [0.15, 0.2) is 0 Å². The van der Waals surface area contributed by atoms with Gasteiger partial charge in [-0.2, -0.15) is 5.10 Å². The fourth-order valence-corrected chi connectivity index (χ4v) is 6.04. The van der Waals surface area contributed by atoms with Crippen molar-refractivity contribution in [3.05, 3.63) is 11.5 Å². The third-order valence-corrected chi connectivity index (χ3v) is 6.50. The number of nitrogens with zero attached hydrogens (tertiary/aromatic N) is 5. The summed E-state index contributed by atoms with van der Waals surface area (Å²) >= 11 is 5.66. The molecule has 0 atom stereocenters. The molecule has 2 heterocycles. The fourth-order valence-electron chi connectivity index (χ4n) is 5.73. The van der Waals surface area contributed by atoms with Gasteiger partial charge in [0.25, 0.3) is 0 Å². The van der Waals surface area contributed by atoms with Crippen LogP contribution < -0.4 is 10.7 Å². The molecule has 0 radical (unpaired) electrons. The van der Waals surface area contributed by atoms with Crippen molar-refractivity contribution in [2.45, 2.75) is 57.9 Å². The van der Waals surface area contributed by atoms with Crippen molar-refractivity contribution in [3.63, 3.8) is 0 Å². The molecule has 0 saturated heterocycles. The van der Waals surface area contributed by atoms with Crippen LogP contribution in [-0.2, 0) is 0 Å². The summed E-state index contributed by atoms with van der Waals surface area (Å²) in [5.74, 6) is 4.03. The van der Waals surface area contributed by atoms with Crippen LogP contribution in [0.4, 0.5) is 0 Å². The number of hydrogen-bond donors (Lipinski definition) is 2. The van der Waals surface area contributed by atoms with E-state index in [4.69, 9.17) is 12.2 Å². The van der Waals surface area contributed by atoms with Gasteiger partial charge >= 0.3 is 0 Å². The zero-order valence-electron chi connectivity index (χ0n) is 14.6. The molecule has 8 heteroatoms. The van der Waals surface area contributed by atoms with E-state index in [-0.39, 0.29) is 5.54 Å². The van der Waals surface area contributed by atoms with Crippen LogP contribution in [0.1, 0.15) is 50.0 Å². The highest BCUT2D eigenvalue weighted by molar-refractivity contribution is 7.80. The predicted octanol–water partition coefficient (Wildman–Crippen LogP) is 2.18. The third-order valence-electron chi connectivity index (χ3n) is 6.31. The maximum absolute atomic E-state index is 5.66. The van der Waals surface area contributed by atoms with E-state index in [0.717, 1.165) is 23.4 Å². The summed E-state index contributed by atoms with van der Waals surface area (Å²) in [7, 11) is 0. The highest BCUT2D eigenvalue weighted by Gasteiger charge is 2.51. The van der Waals surface area contributed by atoms with Crippen LogP contribution >= 0.6 is 12.2 Å². The van der Waals surface area contributed by atoms with Gasteiger partial charge in [-0.15, -0.1) is 15.3 Å². The Kier molecular flexibility index (Phi) is 3.29. The lowest BCUT2D eigenvalue weighted by Gasteiger charge is -2.57. The van der Waals surface area contributed by atoms with E-state index < -0.39 is 0 Å². The summed E-state index contributed by atoms with van der Waals surface area (Å²) in [5, 5.41) is 21.0. The first-order chi connectivity index (χ1) is 12.0. The van der Waals surface area contributed by atoms with Crippen LogP contribution in [0.3, 0.4) is 0 Å². The van der Waals surface area contributed by atoms with E-state index >= 15 is 0 Å². The summed E-state index contributed by atoms with van der Waals surface area (Å²) in [6, 6.07) is 0. The van der Waals surface area contributed by atoms with Gasteiger partial charge in [0.05, 0.1) is 5.69 Å². The SMILES string of the molecule is Cc1nnc2n(NC(=S)NC34CC5CC(CC(C5)C3)C4)c(C)nnc1-2. The maximum atomic E-state index is 5.66. The molecule has 0 amide bonds. The fraction of sp³-hybridized carbons (Fsp3) is 0.706. The smallest absolute Gasteiger partial charge is 0.205 e. The van der Waals surface area contributed by atoms with Gasteiger partial charge in [0, 0.05) is 5.54 Å². The topological polar surface area (TPSA) is 80.5 Å². The van der Waals surface area contributed by atoms with E-state index in [0.29, 0.717) is 22.5 Å². The molecule has 0 spiro atoms. The average molecular weight is 357 g/mol. The van der Waals surface area contributed by atoms with Crippen molar-refractivity contribution >= 4 is 17.3 Å². The van der Waals surface area contributed by atoms with E-state index in [2.05, 4.69) is 31.1 Å². The summed E-state index contributed by atoms with van der Waals surface area (Å²) in [5.41, 5.74) is 4.93. The molecule has 6 rings (SSSR count). The Labute approximate surface area is 152 Å². The van der Waals surface area contributed by atoms with Gasteiger partial charge in [-0.25, -0.2) is 4.68 Å². The van der Waals surface area contributed by atoms with E-state index in [9.17, 15) is 0 Å². The molecule has 2 N–H and O–H groups in total. The van der Waals surface area contributed by atoms with Crippen molar-refractivity contribution in [1.82, 2.24) is 30.4 Å². The minimum absolute atomic E-state index is 0.181. The monoisotopic (exact) mass is 357 g/mol. The first kappa shape index (κ1) is 15.4. The van der Waals surface area contributed by atoms with Gasteiger partial charge in [-0.1, -0.05) is 0 Å². The largest absolute Gasteiger partial charge is 0.356 e. The Hall–Kier alpha value is -1.83. The molecule has 4 bridgehead atoms. The van der Waals surface area contributed by atoms with Gasteiger partial charge in [-0.05, 0) is 82.3 Å². The van der Waals surface area contributed by atoms with Crippen LogP contribution in [0.25, 0.3) is 11.5 Å². The highest BCUT2D eigenvalue weighted by atomic mass is 32.1. The molecule has 6 aliphatic rings. The Bertz CT molecular complexity index is 778. The van der Waals surface area contributed by atoms with Crippen LogP contribution in [-0.4, -0.2) is 35.7 Å². The van der Waals surface area contributed by atoms with Crippen molar-refractivity contribution in [1.29, 1.82) is 0 Å². The second-order valence-electron chi connectivity index (χ2n) is 8.30. The number of fused-ring (bicyclic) bond motifs is 1. The third kappa shape index (κ3) is 2.49. The summed E-state index contributed by atoms with van der Waals surface area (Å²) in [4.78, 5) is 0. The zero-order valence-corrected chi connectivity index (χ0v) is 15.4. The molecule has 4 fully saturated rings. The zero-order chi connectivity index (χ0) is 17.2. The summed E-state index contributed by atoms with van der Waals surface area (Å²) < 4.78 is 1.79. The minimum atomic E-state index is 0.181. The van der Waals surface area contributed by atoms with E-state index in [1.807, 2.05) is 13.8 Å². The van der Waals surface area contributed by atoms with Crippen molar-refractivity contribution in [3.8, 4) is 11.5 Å². The molecular formula is C17H23N7S. The number of aromatic nitrogens is 5. The molecule has 132 valence electrons. The maximum Gasteiger partial charge on any atom is 0.205 e. The van der Waals surface area contributed by atoms with E-state index in [1.54, 1.807) is 4.68 Å². The first-order valence-corrected chi connectivity index (χ1v) is 9.56. The summed E-state index contributed by atoms with van der Waals surface area (Å²) in [6.45, 7) is 3.77. The lowest BCUT2D eigenvalue weighted by atomic mass is 9.53. The number of aryl methyl sites for hydroxylation is 2. The van der Waals surface area contributed by atoms with Gasteiger partial charge in [-0.3, -0.25) is 5.43 Å².